The van der Waals surface area contributed by atoms with Gasteiger partial charge in [0.05, 0.1) is 11.2 Å². The van der Waals surface area contributed by atoms with Crippen LogP contribution in [0.2, 0.25) is 0 Å². The fourth-order valence-electron chi connectivity index (χ4n) is 0.893. The van der Waals surface area contributed by atoms with E-state index in [1.54, 1.807) is 11.3 Å². The predicted molar refractivity (Wildman–Crippen MR) is 44.3 cm³/mol. The lowest BCUT2D eigenvalue weighted by molar-refractivity contribution is 0.787. The molecule has 1 N–H and O–H groups in total. The summed E-state index contributed by atoms with van der Waals surface area (Å²) in [5.41, 5.74) is 3.11. The molecule has 0 saturated carbocycles. The van der Waals surface area contributed by atoms with E-state index in [0.29, 0.717) is 0 Å². The van der Waals surface area contributed by atoms with Gasteiger partial charge in [-0.2, -0.15) is 0 Å². The highest BCUT2D eigenvalue weighted by molar-refractivity contribution is 7.09. The fraction of sp³-hybridized carbons (Fsp3) is 0.571. The van der Waals surface area contributed by atoms with Crippen molar-refractivity contribution in [2.45, 2.75) is 19.9 Å². The molecule has 0 bridgehead atoms. The number of thiazole rings is 1. The predicted octanol–water partition coefficient (Wildman–Crippen LogP) is 1.42. The van der Waals surface area contributed by atoms with Gasteiger partial charge in [0.15, 0.2) is 0 Å². The molecule has 2 nitrogen and oxygen atoms in total. The lowest BCUT2D eigenvalue weighted by Crippen LogP contribution is -2.06. The first kappa shape index (κ1) is 7.69. The van der Waals surface area contributed by atoms with Crippen molar-refractivity contribution < 1.29 is 0 Å². The van der Waals surface area contributed by atoms with Gasteiger partial charge < -0.3 is 5.32 Å². The minimum absolute atomic E-state index is 0.896. The number of aromatic nitrogens is 1. The van der Waals surface area contributed by atoms with Crippen LogP contribution >= 0.6 is 11.3 Å². The standard InChI is InChI=1S/C7H12N2S/c1-3-7-6(4-8-2)9-5-10-7/h5,8H,3-4H2,1-2H3. The van der Waals surface area contributed by atoms with Gasteiger partial charge in [-0.15, -0.1) is 11.3 Å². The highest BCUT2D eigenvalue weighted by Crippen LogP contribution is 2.12. The lowest BCUT2D eigenvalue weighted by Gasteiger charge is -1.96. The Bertz CT molecular complexity index is 195. The monoisotopic (exact) mass is 156 g/mol. The molecular weight excluding hydrogens is 144 g/mol. The Morgan fingerprint density at radius 2 is 2.50 bits per heavy atom. The van der Waals surface area contributed by atoms with E-state index >= 15 is 0 Å². The van der Waals surface area contributed by atoms with Crippen LogP contribution in [0.25, 0.3) is 0 Å². The number of hydrogen-bond acceptors (Lipinski definition) is 3. The number of hydrogen-bond donors (Lipinski definition) is 1. The number of rotatable bonds is 3. The maximum atomic E-state index is 4.23. The van der Waals surface area contributed by atoms with Crippen LogP contribution in [-0.4, -0.2) is 12.0 Å². The molecule has 1 heterocycles. The molecule has 0 aromatic carbocycles. The van der Waals surface area contributed by atoms with Crippen LogP contribution < -0.4 is 5.32 Å². The van der Waals surface area contributed by atoms with Crippen molar-refractivity contribution in [3.8, 4) is 0 Å². The number of aryl methyl sites for hydroxylation is 1. The van der Waals surface area contributed by atoms with Crippen molar-refractivity contribution in [2.75, 3.05) is 7.05 Å². The summed E-state index contributed by atoms with van der Waals surface area (Å²) in [5.74, 6) is 0. The zero-order chi connectivity index (χ0) is 7.40. The van der Waals surface area contributed by atoms with E-state index in [9.17, 15) is 0 Å². The smallest absolute Gasteiger partial charge is 0.0798 e. The molecule has 0 aliphatic heterocycles. The molecule has 10 heavy (non-hydrogen) atoms. The van der Waals surface area contributed by atoms with Crippen molar-refractivity contribution in [1.29, 1.82) is 0 Å². The van der Waals surface area contributed by atoms with Crippen LogP contribution in [0.1, 0.15) is 17.5 Å². The largest absolute Gasteiger partial charge is 0.314 e. The molecule has 0 saturated heterocycles. The molecule has 0 atom stereocenters. The Morgan fingerprint density at radius 3 is 3.10 bits per heavy atom. The molecule has 0 radical (unpaired) electrons. The Morgan fingerprint density at radius 1 is 1.70 bits per heavy atom. The topological polar surface area (TPSA) is 24.9 Å². The van der Waals surface area contributed by atoms with Gasteiger partial charge in [0.25, 0.3) is 0 Å². The van der Waals surface area contributed by atoms with Crippen molar-refractivity contribution in [1.82, 2.24) is 10.3 Å². The van der Waals surface area contributed by atoms with E-state index in [1.807, 2.05) is 12.6 Å². The summed E-state index contributed by atoms with van der Waals surface area (Å²) in [4.78, 5) is 5.63. The average molecular weight is 156 g/mol. The maximum absolute atomic E-state index is 4.23. The van der Waals surface area contributed by atoms with Gasteiger partial charge in [-0.25, -0.2) is 4.98 Å². The molecule has 0 unspecified atom stereocenters. The van der Waals surface area contributed by atoms with Crippen LogP contribution in [0.3, 0.4) is 0 Å². The third-order valence-corrected chi connectivity index (χ3v) is 2.41. The van der Waals surface area contributed by atoms with Crippen molar-refractivity contribution >= 4 is 11.3 Å². The van der Waals surface area contributed by atoms with Gasteiger partial charge in [-0.05, 0) is 13.5 Å². The van der Waals surface area contributed by atoms with Gasteiger partial charge in [0.1, 0.15) is 0 Å². The summed E-state index contributed by atoms with van der Waals surface area (Å²) >= 11 is 1.74. The molecule has 0 fully saturated rings. The lowest BCUT2D eigenvalue weighted by atomic mass is 10.3. The highest BCUT2D eigenvalue weighted by Gasteiger charge is 2.00. The first-order chi connectivity index (χ1) is 4.88. The third kappa shape index (κ3) is 1.55. The van der Waals surface area contributed by atoms with Crippen molar-refractivity contribution in [3.63, 3.8) is 0 Å². The van der Waals surface area contributed by atoms with Crippen LogP contribution in [0.4, 0.5) is 0 Å². The normalized spacial score (nSPS) is 10.2. The zero-order valence-corrected chi connectivity index (χ0v) is 7.16. The molecule has 3 heteroatoms. The molecule has 0 aliphatic rings. The Balaban J connectivity index is 2.70. The minimum atomic E-state index is 0.896. The minimum Gasteiger partial charge on any atom is -0.314 e. The highest BCUT2D eigenvalue weighted by atomic mass is 32.1. The van der Waals surface area contributed by atoms with Crippen LogP contribution in [0.15, 0.2) is 5.51 Å². The van der Waals surface area contributed by atoms with Gasteiger partial charge in [0.2, 0.25) is 0 Å². The molecule has 1 aromatic heterocycles. The number of nitrogens with zero attached hydrogens (tertiary/aromatic N) is 1. The van der Waals surface area contributed by atoms with Crippen LogP contribution in [0, 0.1) is 0 Å². The third-order valence-electron chi connectivity index (χ3n) is 1.39. The maximum Gasteiger partial charge on any atom is 0.0798 e. The van der Waals surface area contributed by atoms with E-state index in [1.165, 1.54) is 10.6 Å². The van der Waals surface area contributed by atoms with Gasteiger partial charge in [0, 0.05) is 11.4 Å². The molecular formula is C7H12N2S. The number of nitrogens with one attached hydrogen (secondary N) is 1. The molecule has 56 valence electrons. The van der Waals surface area contributed by atoms with Gasteiger partial charge in [-0.1, -0.05) is 6.92 Å². The molecule has 1 aromatic rings. The first-order valence-corrected chi connectivity index (χ1v) is 4.32. The van der Waals surface area contributed by atoms with E-state index in [4.69, 9.17) is 0 Å². The van der Waals surface area contributed by atoms with Crippen LogP contribution in [-0.2, 0) is 13.0 Å². The van der Waals surface area contributed by atoms with Crippen molar-refractivity contribution in [2.24, 2.45) is 0 Å². The Kier molecular flexibility index (Phi) is 2.83. The van der Waals surface area contributed by atoms with E-state index in [-0.39, 0.29) is 0 Å². The van der Waals surface area contributed by atoms with Crippen molar-refractivity contribution in [3.05, 3.63) is 16.1 Å². The summed E-state index contributed by atoms with van der Waals surface area (Å²) in [5, 5.41) is 3.09. The van der Waals surface area contributed by atoms with E-state index in [0.717, 1.165) is 13.0 Å². The summed E-state index contributed by atoms with van der Waals surface area (Å²) in [6.45, 7) is 3.05. The second-order valence-corrected chi connectivity index (χ2v) is 3.05. The second-order valence-electron chi connectivity index (χ2n) is 2.11. The molecule has 0 aliphatic carbocycles. The van der Waals surface area contributed by atoms with Gasteiger partial charge in [-0.3, -0.25) is 0 Å². The van der Waals surface area contributed by atoms with Crippen LogP contribution in [0.5, 0.6) is 0 Å². The zero-order valence-electron chi connectivity index (χ0n) is 6.35. The summed E-state index contributed by atoms with van der Waals surface area (Å²) < 4.78 is 0. The SMILES string of the molecule is CCc1scnc1CNC. The van der Waals surface area contributed by atoms with E-state index in [2.05, 4.69) is 17.2 Å². The Labute approximate surface area is 65.3 Å². The Hall–Kier alpha value is -0.410. The molecule has 1 rings (SSSR count). The fourth-order valence-corrected chi connectivity index (χ4v) is 1.63. The summed E-state index contributed by atoms with van der Waals surface area (Å²) in [6, 6.07) is 0. The van der Waals surface area contributed by atoms with E-state index < -0.39 is 0 Å². The summed E-state index contributed by atoms with van der Waals surface area (Å²) in [6.07, 6.45) is 1.10. The van der Waals surface area contributed by atoms with Gasteiger partial charge >= 0.3 is 0 Å². The average Bonchev–Trinajstić information content (AvgIpc) is 2.36. The quantitative estimate of drug-likeness (QED) is 0.716. The first-order valence-electron chi connectivity index (χ1n) is 3.44. The second kappa shape index (κ2) is 3.68. The summed E-state index contributed by atoms with van der Waals surface area (Å²) in [7, 11) is 1.94. The molecule has 0 amide bonds. The molecule has 0 spiro atoms.